The van der Waals surface area contributed by atoms with E-state index in [0.29, 0.717) is 11.2 Å². The molecule has 11 N–H and O–H groups in total. The maximum absolute atomic E-state index is 11.0. The first-order valence-corrected chi connectivity index (χ1v) is 9.27. The Balaban J connectivity index is 0.000000196. The summed E-state index contributed by atoms with van der Waals surface area (Å²) in [5.41, 5.74) is 15.7. The lowest BCUT2D eigenvalue weighted by Gasteiger charge is -2.23. The number of nitrogen functional groups attached to an aromatic ring is 3. The number of H-pyrrole nitrogens is 2. The van der Waals surface area contributed by atoms with Crippen LogP contribution >= 0.6 is 0 Å². The first-order chi connectivity index (χ1) is 15.7. The molecular weight excluding hydrogens is 438 g/mol. The van der Waals surface area contributed by atoms with Crippen molar-refractivity contribution in [2.75, 3.05) is 23.8 Å². The summed E-state index contributed by atoms with van der Waals surface area (Å²) in [7, 11) is 0. The molecule has 172 valence electrons. The van der Waals surface area contributed by atoms with Crippen molar-refractivity contribution < 1.29 is 20.1 Å². The van der Waals surface area contributed by atoms with Gasteiger partial charge in [-0.1, -0.05) is 5.92 Å². The van der Waals surface area contributed by atoms with E-state index in [1.807, 2.05) is 0 Å². The average Bonchev–Trinajstić information content (AvgIpc) is 3.47. The number of nitrogens with zero attached hydrogens (tertiary/aromatic N) is 6. The molecule has 4 atom stereocenters. The van der Waals surface area contributed by atoms with E-state index in [-0.39, 0.29) is 34.4 Å². The average molecular weight is 457 g/mol. The molecule has 0 unspecified atom stereocenters. The van der Waals surface area contributed by atoms with Crippen LogP contribution < -0.4 is 22.8 Å². The summed E-state index contributed by atoms with van der Waals surface area (Å²) in [6, 6.07) is 0. The fourth-order valence-corrected chi connectivity index (χ4v) is 3.31. The van der Waals surface area contributed by atoms with Gasteiger partial charge >= 0.3 is 0 Å². The molecule has 0 spiro atoms. The largest absolute Gasteiger partial charge is 0.392 e. The molecule has 0 aromatic carbocycles. The summed E-state index contributed by atoms with van der Waals surface area (Å²) in [5.74, 6) is 2.24. The molecule has 4 aromatic heterocycles. The lowest BCUT2D eigenvalue weighted by atomic mass is 9.97. The minimum atomic E-state index is -1.72. The number of rotatable bonds is 2. The van der Waals surface area contributed by atoms with Crippen molar-refractivity contribution in [2.24, 2.45) is 0 Å². The van der Waals surface area contributed by atoms with Crippen LogP contribution in [-0.4, -0.2) is 79.2 Å². The minimum absolute atomic E-state index is 0.0691. The first-order valence-electron chi connectivity index (χ1n) is 9.27. The van der Waals surface area contributed by atoms with Gasteiger partial charge in [-0.25, -0.2) is 9.97 Å². The number of anilines is 3. The number of nitrogens with one attached hydrogen (secondary N) is 2. The second kappa shape index (κ2) is 7.99. The number of fused-ring (bicyclic) bond motifs is 2. The van der Waals surface area contributed by atoms with E-state index < -0.39 is 30.6 Å². The van der Waals surface area contributed by atoms with E-state index in [0.717, 1.165) is 0 Å². The number of aromatic nitrogens is 8. The maximum Gasteiger partial charge on any atom is 0.278 e. The van der Waals surface area contributed by atoms with Crippen LogP contribution in [0.15, 0.2) is 17.4 Å². The highest BCUT2D eigenvalue weighted by Gasteiger charge is 2.54. The second-order valence-corrected chi connectivity index (χ2v) is 6.98. The van der Waals surface area contributed by atoms with Crippen LogP contribution in [0.25, 0.3) is 22.3 Å². The Labute approximate surface area is 183 Å². The van der Waals surface area contributed by atoms with Crippen molar-refractivity contribution >= 4 is 40.0 Å². The number of hydrogen-bond acceptors (Lipinski definition) is 13. The van der Waals surface area contributed by atoms with Crippen molar-refractivity contribution in [1.82, 2.24) is 39.5 Å². The van der Waals surface area contributed by atoms with Gasteiger partial charge in [-0.15, -0.1) is 6.42 Å². The van der Waals surface area contributed by atoms with Gasteiger partial charge in [0.05, 0.1) is 19.3 Å². The van der Waals surface area contributed by atoms with E-state index in [1.54, 1.807) is 0 Å². The number of imidazole rings is 2. The van der Waals surface area contributed by atoms with E-state index >= 15 is 0 Å². The second-order valence-electron chi connectivity index (χ2n) is 6.98. The monoisotopic (exact) mass is 457 g/mol. The van der Waals surface area contributed by atoms with Gasteiger partial charge in [-0.3, -0.25) is 14.3 Å². The lowest BCUT2D eigenvalue weighted by molar-refractivity contribution is -0.0910. The van der Waals surface area contributed by atoms with Gasteiger partial charge in [-0.2, -0.15) is 15.0 Å². The van der Waals surface area contributed by atoms with Gasteiger partial charge in [0, 0.05) is 0 Å². The molecule has 0 aliphatic carbocycles. The molecule has 0 saturated carbocycles. The van der Waals surface area contributed by atoms with E-state index in [1.165, 1.54) is 17.2 Å². The Morgan fingerprint density at radius 3 is 2.67 bits per heavy atom. The van der Waals surface area contributed by atoms with Gasteiger partial charge in [-0.05, 0) is 0 Å². The van der Waals surface area contributed by atoms with Gasteiger partial charge in [0.1, 0.15) is 17.7 Å². The minimum Gasteiger partial charge on any atom is -0.392 e. The molecular formula is C17H19N11O5. The molecule has 1 aliphatic heterocycles. The number of terminal acetylenes is 1. The fourth-order valence-electron chi connectivity index (χ4n) is 3.31. The highest BCUT2D eigenvalue weighted by atomic mass is 16.6. The maximum atomic E-state index is 11.0. The summed E-state index contributed by atoms with van der Waals surface area (Å²) in [6.45, 7) is -0.663. The Bertz CT molecular complexity index is 1420. The van der Waals surface area contributed by atoms with E-state index in [9.17, 15) is 20.1 Å². The predicted molar refractivity (Wildman–Crippen MR) is 114 cm³/mol. The van der Waals surface area contributed by atoms with Gasteiger partial charge < -0.3 is 42.2 Å². The van der Waals surface area contributed by atoms with Crippen molar-refractivity contribution in [3.8, 4) is 12.3 Å². The van der Waals surface area contributed by atoms with Crippen molar-refractivity contribution in [2.45, 2.75) is 24.0 Å². The van der Waals surface area contributed by atoms with Crippen molar-refractivity contribution in [1.29, 1.82) is 0 Å². The van der Waals surface area contributed by atoms with Crippen LogP contribution in [0.5, 0.6) is 0 Å². The number of ether oxygens (including phenoxy) is 1. The van der Waals surface area contributed by atoms with Crippen LogP contribution in [0.4, 0.5) is 17.7 Å². The van der Waals surface area contributed by atoms with E-state index in [2.05, 4.69) is 40.8 Å². The summed E-state index contributed by atoms with van der Waals surface area (Å²) in [5, 5.41) is 29.6. The first kappa shape index (κ1) is 21.9. The van der Waals surface area contributed by atoms with Crippen LogP contribution in [0.2, 0.25) is 0 Å². The molecule has 0 amide bonds. The fraction of sp³-hybridized carbons (Fsp3) is 0.294. The van der Waals surface area contributed by atoms with Crippen LogP contribution in [0.3, 0.4) is 0 Å². The standard InChI is InChI=1S/C12H14N6O4.C5H5N5O/c1-2-12(3-19)7(21)6(20)10(22-12)18-4-15-5-8(13)16-11(14)17-9(5)18;6-5-9-3-2(4(11)10-5)7-1-8-3/h1,4,6-7,10,19-21H,3H2,(H4,13,14,16,17);1H,(H4,6,7,8,9,10,11)/t6-,7-,10+,12+;/m0./s1. The molecule has 4 aromatic rings. The summed E-state index contributed by atoms with van der Waals surface area (Å²) in [6.07, 6.45) is 4.01. The lowest BCUT2D eigenvalue weighted by Crippen LogP contribution is -2.44. The van der Waals surface area contributed by atoms with Crippen LogP contribution in [0, 0.1) is 12.3 Å². The molecule has 16 nitrogen and oxygen atoms in total. The Kier molecular flexibility index (Phi) is 5.31. The number of aliphatic hydroxyl groups is 3. The third-order valence-electron chi connectivity index (χ3n) is 4.96. The number of aromatic amines is 2. The SMILES string of the molecule is C#C[C@]1(CO)O[C@@H](n2cnc3c(N)nc(N)nc32)[C@@H](O)[C@@H]1O.Nc1nc2nc[nH]c2c(=O)[nH]1. The Morgan fingerprint density at radius 1 is 1.24 bits per heavy atom. The molecule has 33 heavy (non-hydrogen) atoms. The van der Waals surface area contributed by atoms with Crippen molar-refractivity contribution in [3.05, 3.63) is 23.0 Å². The third kappa shape index (κ3) is 3.56. The van der Waals surface area contributed by atoms with Crippen LogP contribution in [0.1, 0.15) is 6.23 Å². The Morgan fingerprint density at radius 2 is 2.00 bits per heavy atom. The highest BCUT2D eigenvalue weighted by Crippen LogP contribution is 2.38. The van der Waals surface area contributed by atoms with E-state index in [4.69, 9.17) is 28.4 Å². The van der Waals surface area contributed by atoms with Gasteiger partial charge in [0.2, 0.25) is 11.9 Å². The molecule has 0 radical (unpaired) electrons. The molecule has 16 heteroatoms. The third-order valence-corrected chi connectivity index (χ3v) is 4.96. The summed E-state index contributed by atoms with van der Waals surface area (Å²) in [4.78, 5) is 35.4. The molecule has 1 saturated heterocycles. The number of nitrogens with two attached hydrogens (primary N) is 3. The number of hydrogen-bond donors (Lipinski definition) is 8. The zero-order valence-corrected chi connectivity index (χ0v) is 16.7. The summed E-state index contributed by atoms with van der Waals surface area (Å²) >= 11 is 0. The van der Waals surface area contributed by atoms with Crippen LogP contribution in [-0.2, 0) is 4.74 Å². The number of aliphatic hydroxyl groups excluding tert-OH is 3. The Hall–Kier alpha value is -4.30. The smallest absolute Gasteiger partial charge is 0.278 e. The highest BCUT2D eigenvalue weighted by molar-refractivity contribution is 5.82. The molecule has 0 bridgehead atoms. The summed E-state index contributed by atoms with van der Waals surface area (Å²) < 4.78 is 6.82. The van der Waals surface area contributed by atoms with Gasteiger partial charge in [0.25, 0.3) is 5.56 Å². The predicted octanol–water partition coefficient (Wildman–Crippen LogP) is -3.17. The topological polar surface area (TPSA) is 266 Å². The molecule has 1 aliphatic rings. The zero-order chi connectivity index (χ0) is 23.9. The molecule has 5 rings (SSSR count). The normalized spacial score (nSPS) is 24.5. The molecule has 1 fully saturated rings. The zero-order valence-electron chi connectivity index (χ0n) is 16.7. The molecule has 5 heterocycles. The van der Waals surface area contributed by atoms with Gasteiger partial charge in [0.15, 0.2) is 34.5 Å². The quantitative estimate of drug-likeness (QED) is 0.138. The van der Waals surface area contributed by atoms with Crippen molar-refractivity contribution in [3.63, 3.8) is 0 Å².